The van der Waals surface area contributed by atoms with E-state index in [0.29, 0.717) is 43.6 Å². The number of nitrogens with one attached hydrogen (secondary N) is 2. The molecule has 190 valence electrons. The van der Waals surface area contributed by atoms with Gasteiger partial charge in [-0.15, -0.1) is 0 Å². The first kappa shape index (κ1) is 25.0. The monoisotopic (exact) mass is 546 g/mol. The van der Waals surface area contributed by atoms with Gasteiger partial charge in [0.2, 0.25) is 0 Å². The highest BCUT2D eigenvalue weighted by Crippen LogP contribution is 2.34. The van der Waals surface area contributed by atoms with Gasteiger partial charge < -0.3 is 9.47 Å². The van der Waals surface area contributed by atoms with Gasteiger partial charge >= 0.3 is 11.9 Å². The largest absolute Gasteiger partial charge is 0.465 e. The fourth-order valence-electron chi connectivity index (χ4n) is 3.55. The van der Waals surface area contributed by atoms with E-state index in [0.717, 1.165) is 9.40 Å². The van der Waals surface area contributed by atoms with Crippen molar-refractivity contribution in [3.63, 3.8) is 0 Å². The number of methoxy groups -OCH3 is 2. The second kappa shape index (κ2) is 10.4. The Morgan fingerprint density at radius 1 is 0.605 bits per heavy atom. The highest BCUT2D eigenvalue weighted by molar-refractivity contribution is 7.23. The van der Waals surface area contributed by atoms with Crippen molar-refractivity contribution in [2.75, 3.05) is 24.9 Å². The molecule has 0 fully saturated rings. The number of thiazole rings is 2. The first-order chi connectivity index (χ1) is 18.3. The molecule has 2 amide bonds. The molecular weight excluding hydrogens is 528 g/mol. The normalized spacial score (nSPS) is 10.8. The molecule has 2 aromatic heterocycles. The number of fused-ring (bicyclic) bond motifs is 2. The number of hydrogen-bond donors (Lipinski definition) is 2. The number of benzene rings is 3. The van der Waals surface area contributed by atoms with Crippen LogP contribution in [0.3, 0.4) is 0 Å². The number of ether oxygens (including phenoxy) is 2. The Labute approximate surface area is 223 Å². The van der Waals surface area contributed by atoms with Gasteiger partial charge in [0.15, 0.2) is 10.3 Å². The molecule has 0 bridgehead atoms. The van der Waals surface area contributed by atoms with Crippen LogP contribution in [0.15, 0.2) is 60.7 Å². The Bertz CT molecular complexity index is 1530. The molecule has 0 unspecified atom stereocenters. The minimum atomic E-state index is -0.478. The Kier molecular flexibility index (Phi) is 6.81. The maximum absolute atomic E-state index is 12.6. The number of esters is 2. The van der Waals surface area contributed by atoms with Gasteiger partial charge in [0.05, 0.1) is 45.8 Å². The number of anilines is 2. The number of amides is 2. The van der Waals surface area contributed by atoms with Gasteiger partial charge in [-0.3, -0.25) is 20.2 Å². The molecule has 38 heavy (non-hydrogen) atoms. The van der Waals surface area contributed by atoms with E-state index < -0.39 is 11.9 Å². The highest BCUT2D eigenvalue weighted by Gasteiger charge is 2.15. The standard InChI is InChI=1S/C26H18N4O6S2/c1-35-23(33)15-7-3-13(4-8-15)21(31)29-25-27-17-11-20-18(12-19(17)37-25)28-26(38-20)30-22(32)14-5-9-16(10-6-14)24(34)36-2/h3-12H,1-2H3,(H,27,29,31)(H,28,30,32). The summed E-state index contributed by atoms with van der Waals surface area (Å²) in [7, 11) is 2.59. The van der Waals surface area contributed by atoms with Crippen LogP contribution < -0.4 is 10.6 Å². The van der Waals surface area contributed by atoms with Crippen molar-refractivity contribution >= 4 is 77.1 Å². The maximum atomic E-state index is 12.6. The van der Waals surface area contributed by atoms with Crippen LogP contribution in [0.5, 0.6) is 0 Å². The van der Waals surface area contributed by atoms with E-state index in [1.807, 2.05) is 12.1 Å². The van der Waals surface area contributed by atoms with Crippen LogP contribution in [0.2, 0.25) is 0 Å². The third-order valence-electron chi connectivity index (χ3n) is 5.48. The van der Waals surface area contributed by atoms with Crippen molar-refractivity contribution in [2.45, 2.75) is 0 Å². The molecule has 5 rings (SSSR count). The Morgan fingerprint density at radius 2 is 0.947 bits per heavy atom. The van der Waals surface area contributed by atoms with E-state index in [4.69, 9.17) is 0 Å². The number of nitrogens with zero attached hydrogens (tertiary/aromatic N) is 2. The average molecular weight is 547 g/mol. The Hall–Kier alpha value is -4.68. The summed E-state index contributed by atoms with van der Waals surface area (Å²) >= 11 is 2.59. The Balaban J connectivity index is 1.29. The SMILES string of the molecule is COC(=O)c1ccc(C(=O)Nc2nc3cc4sc(NC(=O)c5ccc(C(=O)OC)cc5)nc4cc3s2)cc1. The molecule has 0 spiro atoms. The smallest absolute Gasteiger partial charge is 0.337 e. The van der Waals surface area contributed by atoms with E-state index in [1.165, 1.54) is 85.4 Å². The number of carbonyl (C=O) groups excluding carboxylic acids is 4. The molecule has 0 saturated carbocycles. The van der Waals surface area contributed by atoms with Crippen LogP contribution in [0.25, 0.3) is 20.4 Å². The van der Waals surface area contributed by atoms with Crippen molar-refractivity contribution in [3.05, 3.63) is 82.9 Å². The van der Waals surface area contributed by atoms with Crippen LogP contribution in [-0.4, -0.2) is 47.9 Å². The lowest BCUT2D eigenvalue weighted by molar-refractivity contribution is 0.0592. The predicted octanol–water partition coefficient (Wildman–Crippen LogP) is 4.98. The quantitative estimate of drug-likeness (QED) is 0.285. The third kappa shape index (κ3) is 5.08. The van der Waals surface area contributed by atoms with Crippen LogP contribution >= 0.6 is 22.7 Å². The predicted molar refractivity (Wildman–Crippen MR) is 144 cm³/mol. The summed E-state index contributed by atoms with van der Waals surface area (Å²) in [6, 6.07) is 15.9. The minimum Gasteiger partial charge on any atom is -0.465 e. The zero-order valence-corrected chi connectivity index (χ0v) is 21.6. The van der Waals surface area contributed by atoms with Crippen molar-refractivity contribution in [1.29, 1.82) is 0 Å². The van der Waals surface area contributed by atoms with Gasteiger partial charge in [-0.05, 0) is 60.7 Å². The van der Waals surface area contributed by atoms with E-state index >= 15 is 0 Å². The summed E-state index contributed by atoms with van der Waals surface area (Å²) in [5.41, 5.74) is 2.81. The topological polar surface area (TPSA) is 137 Å². The van der Waals surface area contributed by atoms with Crippen LogP contribution in [0.1, 0.15) is 41.4 Å². The molecule has 0 saturated heterocycles. The molecule has 3 aromatic carbocycles. The van der Waals surface area contributed by atoms with Crippen LogP contribution in [-0.2, 0) is 9.47 Å². The average Bonchev–Trinajstić information content (AvgIpc) is 3.52. The molecule has 2 N–H and O–H groups in total. The molecule has 12 heteroatoms. The summed E-state index contributed by atoms with van der Waals surface area (Å²) in [4.78, 5) is 57.4. The van der Waals surface area contributed by atoms with E-state index in [1.54, 1.807) is 0 Å². The number of carbonyl (C=O) groups is 4. The van der Waals surface area contributed by atoms with Gasteiger partial charge in [-0.1, -0.05) is 22.7 Å². The van der Waals surface area contributed by atoms with Gasteiger partial charge in [0.1, 0.15) is 0 Å². The van der Waals surface area contributed by atoms with Gasteiger partial charge in [0, 0.05) is 11.1 Å². The summed E-state index contributed by atoms with van der Waals surface area (Å²) in [5, 5.41) is 6.39. The van der Waals surface area contributed by atoms with Crippen LogP contribution in [0, 0.1) is 0 Å². The lowest BCUT2D eigenvalue weighted by Gasteiger charge is -2.03. The van der Waals surface area contributed by atoms with Crippen molar-refractivity contribution < 1.29 is 28.7 Å². The molecule has 0 aliphatic rings. The molecule has 10 nitrogen and oxygen atoms in total. The summed E-state index contributed by atoms with van der Waals surface area (Å²) in [6.07, 6.45) is 0. The highest BCUT2D eigenvalue weighted by atomic mass is 32.1. The van der Waals surface area contributed by atoms with E-state index in [9.17, 15) is 19.2 Å². The molecular formula is C26H18N4O6S2. The van der Waals surface area contributed by atoms with Crippen molar-refractivity contribution in [3.8, 4) is 0 Å². The fourth-order valence-corrected chi connectivity index (χ4v) is 5.30. The molecule has 2 heterocycles. The zero-order valence-electron chi connectivity index (χ0n) is 19.9. The third-order valence-corrected chi connectivity index (χ3v) is 7.34. The van der Waals surface area contributed by atoms with Gasteiger partial charge in [-0.25, -0.2) is 19.6 Å². The van der Waals surface area contributed by atoms with Crippen molar-refractivity contribution in [1.82, 2.24) is 9.97 Å². The second-order valence-electron chi connectivity index (χ2n) is 7.87. The van der Waals surface area contributed by atoms with E-state index in [-0.39, 0.29) is 11.8 Å². The number of aromatic nitrogens is 2. The molecule has 0 aliphatic carbocycles. The number of hydrogen-bond acceptors (Lipinski definition) is 10. The van der Waals surface area contributed by atoms with Gasteiger partial charge in [0.25, 0.3) is 11.8 Å². The van der Waals surface area contributed by atoms with E-state index in [2.05, 4.69) is 30.1 Å². The summed E-state index contributed by atoms with van der Waals surface area (Å²) in [6.45, 7) is 0. The Morgan fingerprint density at radius 3 is 1.29 bits per heavy atom. The molecule has 0 radical (unpaired) electrons. The second-order valence-corrected chi connectivity index (χ2v) is 9.93. The summed E-state index contributed by atoms with van der Waals surface area (Å²) in [5.74, 6) is -1.67. The fraction of sp³-hybridized carbons (Fsp3) is 0.0769. The first-order valence-electron chi connectivity index (χ1n) is 11.0. The maximum Gasteiger partial charge on any atom is 0.337 e. The molecule has 0 aliphatic heterocycles. The first-order valence-corrected chi connectivity index (χ1v) is 12.7. The lowest BCUT2D eigenvalue weighted by atomic mass is 10.1. The van der Waals surface area contributed by atoms with Crippen molar-refractivity contribution in [2.24, 2.45) is 0 Å². The zero-order chi connectivity index (χ0) is 26.8. The molecule has 5 aromatic rings. The molecule has 0 atom stereocenters. The number of rotatable bonds is 6. The van der Waals surface area contributed by atoms with Gasteiger partial charge in [-0.2, -0.15) is 0 Å². The van der Waals surface area contributed by atoms with Crippen LogP contribution in [0.4, 0.5) is 10.3 Å². The summed E-state index contributed by atoms with van der Waals surface area (Å²) < 4.78 is 11.0. The lowest BCUT2D eigenvalue weighted by Crippen LogP contribution is -2.12. The minimum absolute atomic E-state index is 0.351.